The lowest BCUT2D eigenvalue weighted by Crippen LogP contribution is -2.33. The lowest BCUT2D eigenvalue weighted by Gasteiger charge is -2.10. The maximum atomic E-state index is 11.6. The van der Waals surface area contributed by atoms with E-state index in [1.807, 2.05) is 19.3 Å². The first-order chi connectivity index (χ1) is 7.18. The van der Waals surface area contributed by atoms with Crippen LogP contribution in [0.25, 0.3) is 0 Å². The Hall–Kier alpha value is -1.29. The molecule has 1 aliphatic carbocycles. The Labute approximate surface area is 88.9 Å². The first-order valence-corrected chi connectivity index (χ1v) is 5.26. The second-order valence-electron chi connectivity index (χ2n) is 4.12. The number of carbonyl (C=O) groups is 1. The number of aliphatic hydroxyl groups excluding tert-OH is 1. The molecule has 1 unspecified atom stereocenters. The van der Waals surface area contributed by atoms with Gasteiger partial charge in [-0.1, -0.05) is 0 Å². The van der Waals surface area contributed by atoms with Gasteiger partial charge in [0.1, 0.15) is 5.69 Å². The summed E-state index contributed by atoms with van der Waals surface area (Å²) in [6.07, 6.45) is 3.61. The van der Waals surface area contributed by atoms with Gasteiger partial charge in [-0.2, -0.15) is 0 Å². The Balaban J connectivity index is 1.84. The predicted octanol–water partition coefficient (Wildman–Crippen LogP) is 0.526. The molecule has 1 aliphatic rings. The third-order valence-electron chi connectivity index (χ3n) is 2.81. The van der Waals surface area contributed by atoms with E-state index >= 15 is 0 Å². The van der Waals surface area contributed by atoms with Crippen LogP contribution in [-0.4, -0.2) is 28.2 Å². The summed E-state index contributed by atoms with van der Waals surface area (Å²) in [6, 6.07) is 3.59. The Bertz CT molecular complexity index is 355. The van der Waals surface area contributed by atoms with Crippen molar-refractivity contribution in [3.05, 3.63) is 24.0 Å². The maximum Gasteiger partial charge on any atom is 0.267 e. The zero-order valence-electron chi connectivity index (χ0n) is 8.81. The summed E-state index contributed by atoms with van der Waals surface area (Å²) in [5, 5.41) is 12.3. The van der Waals surface area contributed by atoms with Crippen molar-refractivity contribution in [3.8, 4) is 0 Å². The Morgan fingerprint density at radius 2 is 2.47 bits per heavy atom. The molecule has 0 bridgehead atoms. The molecule has 4 heteroatoms. The topological polar surface area (TPSA) is 54.3 Å². The quantitative estimate of drug-likeness (QED) is 0.758. The summed E-state index contributed by atoms with van der Waals surface area (Å²) in [4.78, 5) is 11.6. The average Bonchev–Trinajstić information content (AvgIpc) is 2.98. The molecule has 2 N–H and O–H groups in total. The fourth-order valence-corrected chi connectivity index (χ4v) is 1.63. The fourth-order valence-electron chi connectivity index (χ4n) is 1.63. The molecule has 0 spiro atoms. The van der Waals surface area contributed by atoms with Crippen molar-refractivity contribution in [2.24, 2.45) is 13.0 Å². The van der Waals surface area contributed by atoms with Crippen molar-refractivity contribution in [1.82, 2.24) is 9.88 Å². The molecule has 0 aliphatic heterocycles. The summed E-state index contributed by atoms with van der Waals surface area (Å²) < 4.78 is 1.76. The number of hydrogen-bond acceptors (Lipinski definition) is 2. The SMILES string of the molecule is Cn1cccc1C(=O)NCC(O)C1CC1. The standard InChI is InChI=1S/C11H16N2O2/c1-13-6-2-3-9(13)11(15)12-7-10(14)8-4-5-8/h2-3,6,8,10,14H,4-5,7H2,1H3,(H,12,15). The number of nitrogens with zero attached hydrogens (tertiary/aromatic N) is 1. The number of amides is 1. The number of aromatic nitrogens is 1. The van der Waals surface area contributed by atoms with Gasteiger partial charge < -0.3 is 15.0 Å². The van der Waals surface area contributed by atoms with Gasteiger partial charge in [0, 0.05) is 19.8 Å². The average molecular weight is 208 g/mol. The van der Waals surface area contributed by atoms with Crippen LogP contribution in [0, 0.1) is 5.92 Å². The van der Waals surface area contributed by atoms with E-state index in [0.29, 0.717) is 18.2 Å². The second-order valence-corrected chi connectivity index (χ2v) is 4.12. The molecule has 1 fully saturated rings. The Morgan fingerprint density at radius 1 is 1.73 bits per heavy atom. The zero-order valence-corrected chi connectivity index (χ0v) is 8.81. The third-order valence-corrected chi connectivity index (χ3v) is 2.81. The van der Waals surface area contributed by atoms with Gasteiger partial charge in [-0.15, -0.1) is 0 Å². The van der Waals surface area contributed by atoms with Gasteiger partial charge in [0.25, 0.3) is 5.91 Å². The van der Waals surface area contributed by atoms with E-state index in [1.165, 1.54) is 0 Å². The van der Waals surface area contributed by atoms with Gasteiger partial charge in [0.05, 0.1) is 6.10 Å². The molecule has 4 nitrogen and oxygen atoms in total. The molecule has 1 aromatic rings. The van der Waals surface area contributed by atoms with Crippen LogP contribution in [0.3, 0.4) is 0 Å². The van der Waals surface area contributed by atoms with Gasteiger partial charge in [-0.05, 0) is 30.9 Å². The molecule has 0 radical (unpaired) electrons. The Kier molecular flexibility index (Phi) is 2.77. The lowest BCUT2D eigenvalue weighted by atomic mass is 10.2. The molecule has 1 aromatic heterocycles. The molecular formula is C11H16N2O2. The molecule has 0 saturated heterocycles. The highest BCUT2D eigenvalue weighted by molar-refractivity contribution is 5.92. The fraction of sp³-hybridized carbons (Fsp3) is 0.545. The number of aryl methyl sites for hydroxylation is 1. The highest BCUT2D eigenvalue weighted by atomic mass is 16.3. The number of carbonyl (C=O) groups excluding carboxylic acids is 1. The summed E-state index contributed by atoms with van der Waals surface area (Å²) in [5.41, 5.74) is 0.623. The molecule has 0 aromatic carbocycles. The minimum atomic E-state index is -0.380. The van der Waals surface area contributed by atoms with Gasteiger partial charge >= 0.3 is 0 Å². The molecule has 82 valence electrons. The van der Waals surface area contributed by atoms with Crippen LogP contribution in [0.1, 0.15) is 23.3 Å². The van der Waals surface area contributed by atoms with E-state index < -0.39 is 0 Å². The highest BCUT2D eigenvalue weighted by Gasteiger charge is 2.29. The van der Waals surface area contributed by atoms with Gasteiger partial charge in [0.2, 0.25) is 0 Å². The molecule has 2 rings (SSSR count). The largest absolute Gasteiger partial charge is 0.391 e. The van der Waals surface area contributed by atoms with E-state index in [4.69, 9.17) is 0 Å². The first-order valence-electron chi connectivity index (χ1n) is 5.26. The van der Waals surface area contributed by atoms with Crippen LogP contribution in [0.15, 0.2) is 18.3 Å². The summed E-state index contributed by atoms with van der Waals surface area (Å²) in [5.74, 6) is 0.279. The summed E-state index contributed by atoms with van der Waals surface area (Å²) >= 11 is 0. The van der Waals surface area contributed by atoms with Crippen molar-refractivity contribution in [2.45, 2.75) is 18.9 Å². The number of rotatable bonds is 4. The van der Waals surface area contributed by atoms with E-state index in [9.17, 15) is 9.90 Å². The minimum Gasteiger partial charge on any atom is -0.391 e. The van der Waals surface area contributed by atoms with Crippen molar-refractivity contribution >= 4 is 5.91 Å². The molecule has 15 heavy (non-hydrogen) atoms. The smallest absolute Gasteiger partial charge is 0.267 e. The normalized spacial score (nSPS) is 17.5. The van der Waals surface area contributed by atoms with Crippen LogP contribution in [0.2, 0.25) is 0 Å². The lowest BCUT2D eigenvalue weighted by molar-refractivity contribution is 0.0893. The maximum absolute atomic E-state index is 11.6. The number of hydrogen-bond donors (Lipinski definition) is 2. The van der Waals surface area contributed by atoms with Gasteiger partial charge in [0.15, 0.2) is 0 Å². The van der Waals surface area contributed by atoms with E-state index in [2.05, 4.69) is 5.32 Å². The van der Waals surface area contributed by atoms with Crippen molar-refractivity contribution in [1.29, 1.82) is 0 Å². The van der Waals surface area contributed by atoms with Crippen LogP contribution in [0.5, 0.6) is 0 Å². The minimum absolute atomic E-state index is 0.123. The molecule has 1 atom stereocenters. The van der Waals surface area contributed by atoms with Crippen LogP contribution < -0.4 is 5.32 Å². The van der Waals surface area contributed by atoms with E-state index in [1.54, 1.807) is 10.6 Å². The van der Waals surface area contributed by atoms with Crippen molar-refractivity contribution in [2.75, 3.05) is 6.54 Å². The van der Waals surface area contributed by atoms with Crippen LogP contribution in [-0.2, 0) is 7.05 Å². The second kappa shape index (κ2) is 4.06. The van der Waals surface area contributed by atoms with Crippen molar-refractivity contribution in [3.63, 3.8) is 0 Å². The van der Waals surface area contributed by atoms with Gasteiger partial charge in [-0.3, -0.25) is 4.79 Å². The van der Waals surface area contributed by atoms with Gasteiger partial charge in [-0.25, -0.2) is 0 Å². The van der Waals surface area contributed by atoms with E-state index in [0.717, 1.165) is 12.8 Å². The molecule has 1 saturated carbocycles. The van der Waals surface area contributed by atoms with E-state index in [-0.39, 0.29) is 12.0 Å². The molecule has 1 amide bonds. The zero-order chi connectivity index (χ0) is 10.8. The summed E-state index contributed by atoms with van der Waals surface area (Å²) in [7, 11) is 1.83. The van der Waals surface area contributed by atoms with Crippen molar-refractivity contribution < 1.29 is 9.90 Å². The van der Waals surface area contributed by atoms with Crippen LogP contribution in [0.4, 0.5) is 0 Å². The van der Waals surface area contributed by atoms with Crippen LogP contribution >= 0.6 is 0 Å². The highest BCUT2D eigenvalue weighted by Crippen LogP contribution is 2.32. The molecular weight excluding hydrogens is 192 g/mol. The number of nitrogens with one attached hydrogen (secondary N) is 1. The monoisotopic (exact) mass is 208 g/mol. The molecule has 1 heterocycles. The predicted molar refractivity (Wildman–Crippen MR) is 56.5 cm³/mol. The number of aliphatic hydroxyl groups is 1. The summed E-state index contributed by atoms with van der Waals surface area (Å²) in [6.45, 7) is 0.356. The Morgan fingerprint density at radius 3 is 3.00 bits per heavy atom. The first kappa shape index (κ1) is 10.2. The third kappa shape index (κ3) is 2.39.